The van der Waals surface area contributed by atoms with Gasteiger partial charge in [-0.05, 0) is 35.6 Å². The van der Waals surface area contributed by atoms with Crippen LogP contribution in [0.3, 0.4) is 0 Å². The third-order valence-corrected chi connectivity index (χ3v) is 7.56. The fourth-order valence-electron chi connectivity index (χ4n) is 3.53. The van der Waals surface area contributed by atoms with Crippen LogP contribution in [0, 0.1) is 0 Å². The van der Waals surface area contributed by atoms with E-state index in [2.05, 4.69) is 18.7 Å². The number of β-amino-alcohol motifs (C(OH)–C–C–N with tert-alkyl or cyclic N) is 1. The van der Waals surface area contributed by atoms with Crippen molar-refractivity contribution in [3.63, 3.8) is 0 Å². The van der Waals surface area contributed by atoms with Crippen molar-refractivity contribution in [2.45, 2.75) is 37.2 Å². The number of nitrogens with zero attached hydrogens (tertiary/aromatic N) is 2. The Morgan fingerprint density at radius 2 is 1.54 bits per heavy atom. The molecule has 0 saturated carbocycles. The van der Waals surface area contributed by atoms with Crippen LogP contribution < -0.4 is 0 Å². The van der Waals surface area contributed by atoms with Crippen LogP contribution in [0.15, 0.2) is 59.5 Å². The van der Waals surface area contributed by atoms with Crippen LogP contribution in [0.5, 0.6) is 0 Å². The Bertz CT molecular complexity index is 845. The third kappa shape index (κ3) is 4.81. The highest BCUT2D eigenvalue weighted by Gasteiger charge is 2.29. The molecule has 1 aliphatic rings. The molecule has 6 heteroatoms. The molecule has 2 aromatic carbocycles. The van der Waals surface area contributed by atoms with Crippen molar-refractivity contribution in [1.29, 1.82) is 0 Å². The van der Waals surface area contributed by atoms with Gasteiger partial charge in [-0.2, -0.15) is 4.31 Å². The highest BCUT2D eigenvalue weighted by Crippen LogP contribution is 2.23. The molecule has 0 radical (unpaired) electrons. The van der Waals surface area contributed by atoms with Gasteiger partial charge in [0, 0.05) is 32.7 Å². The van der Waals surface area contributed by atoms with E-state index >= 15 is 0 Å². The average molecular weight is 403 g/mol. The molecule has 0 unspecified atom stereocenters. The topological polar surface area (TPSA) is 60.9 Å². The van der Waals surface area contributed by atoms with Crippen LogP contribution in [0.25, 0.3) is 0 Å². The zero-order valence-electron chi connectivity index (χ0n) is 16.7. The van der Waals surface area contributed by atoms with Gasteiger partial charge in [0.15, 0.2) is 0 Å². The molecule has 1 aliphatic heterocycles. The molecule has 2 atom stereocenters. The molecule has 5 nitrogen and oxygen atoms in total. The summed E-state index contributed by atoms with van der Waals surface area (Å²) in [4.78, 5) is 2.48. The van der Waals surface area contributed by atoms with Gasteiger partial charge >= 0.3 is 0 Å². The second-order valence-electron chi connectivity index (χ2n) is 7.51. The summed E-state index contributed by atoms with van der Waals surface area (Å²) in [7, 11) is -3.47. The minimum absolute atomic E-state index is 0.359. The van der Waals surface area contributed by atoms with E-state index in [0.717, 1.165) is 12.0 Å². The number of rotatable bonds is 7. The van der Waals surface area contributed by atoms with E-state index in [0.29, 0.717) is 43.5 Å². The molecule has 3 rings (SSSR count). The number of sulfonamides is 1. The summed E-state index contributed by atoms with van der Waals surface area (Å²) in [6.45, 7) is 6.91. The largest absolute Gasteiger partial charge is 0.387 e. The minimum atomic E-state index is -3.47. The minimum Gasteiger partial charge on any atom is -0.387 e. The SMILES string of the molecule is CC[C@@H](C)c1ccc(S(=O)(=O)N2CCN(C[C@@H](O)c3ccccc3)CC2)cc1. The fraction of sp³-hybridized carbons (Fsp3) is 0.455. The van der Waals surface area contributed by atoms with Crippen LogP contribution in [-0.4, -0.2) is 55.5 Å². The Labute approximate surface area is 168 Å². The van der Waals surface area contributed by atoms with Gasteiger partial charge in [-0.1, -0.05) is 56.3 Å². The normalized spacial score (nSPS) is 18.7. The number of aliphatic hydroxyl groups is 1. The summed E-state index contributed by atoms with van der Waals surface area (Å²) in [5.74, 6) is 0.427. The molecule has 0 spiro atoms. The summed E-state index contributed by atoms with van der Waals surface area (Å²) in [6.07, 6.45) is 0.473. The highest BCUT2D eigenvalue weighted by atomic mass is 32.2. The summed E-state index contributed by atoms with van der Waals surface area (Å²) >= 11 is 0. The zero-order chi connectivity index (χ0) is 20.1. The monoisotopic (exact) mass is 402 g/mol. The average Bonchev–Trinajstić information content (AvgIpc) is 2.74. The lowest BCUT2D eigenvalue weighted by Crippen LogP contribution is -2.49. The Morgan fingerprint density at radius 3 is 2.11 bits per heavy atom. The van der Waals surface area contributed by atoms with Gasteiger partial charge in [0.05, 0.1) is 11.0 Å². The van der Waals surface area contributed by atoms with E-state index < -0.39 is 16.1 Å². The van der Waals surface area contributed by atoms with Crippen LogP contribution >= 0.6 is 0 Å². The van der Waals surface area contributed by atoms with E-state index in [1.165, 1.54) is 5.56 Å². The van der Waals surface area contributed by atoms with Crippen molar-refractivity contribution in [2.24, 2.45) is 0 Å². The van der Waals surface area contributed by atoms with Gasteiger partial charge in [0.1, 0.15) is 0 Å². The summed E-state index contributed by atoms with van der Waals surface area (Å²) in [5.41, 5.74) is 2.06. The third-order valence-electron chi connectivity index (χ3n) is 5.65. The Morgan fingerprint density at radius 1 is 0.929 bits per heavy atom. The van der Waals surface area contributed by atoms with Crippen molar-refractivity contribution in [2.75, 3.05) is 32.7 Å². The van der Waals surface area contributed by atoms with Crippen LogP contribution in [0.2, 0.25) is 0 Å². The van der Waals surface area contributed by atoms with Crippen LogP contribution in [-0.2, 0) is 10.0 Å². The van der Waals surface area contributed by atoms with Crippen molar-refractivity contribution < 1.29 is 13.5 Å². The van der Waals surface area contributed by atoms with E-state index in [1.807, 2.05) is 42.5 Å². The van der Waals surface area contributed by atoms with Crippen molar-refractivity contribution in [3.05, 3.63) is 65.7 Å². The van der Waals surface area contributed by atoms with Crippen molar-refractivity contribution >= 4 is 10.0 Å². The van der Waals surface area contributed by atoms with Gasteiger partial charge in [0.25, 0.3) is 0 Å². The quantitative estimate of drug-likeness (QED) is 0.772. The number of hydrogen-bond acceptors (Lipinski definition) is 4. The molecule has 152 valence electrons. The molecule has 2 aromatic rings. The lowest BCUT2D eigenvalue weighted by molar-refractivity contribution is 0.0921. The first-order chi connectivity index (χ1) is 13.4. The van der Waals surface area contributed by atoms with E-state index in [1.54, 1.807) is 16.4 Å². The maximum absolute atomic E-state index is 12.9. The van der Waals surface area contributed by atoms with E-state index in [4.69, 9.17) is 0 Å². The van der Waals surface area contributed by atoms with Gasteiger partial charge < -0.3 is 5.11 Å². The van der Waals surface area contributed by atoms with Crippen molar-refractivity contribution in [3.8, 4) is 0 Å². The standard InChI is InChI=1S/C22H30N2O3S/c1-3-18(2)19-9-11-21(12-10-19)28(26,27)24-15-13-23(14-16-24)17-22(25)20-7-5-4-6-8-20/h4-12,18,22,25H,3,13-17H2,1-2H3/t18-,22-/m1/s1. The molecule has 28 heavy (non-hydrogen) atoms. The molecule has 0 aliphatic carbocycles. The maximum Gasteiger partial charge on any atom is 0.243 e. The van der Waals surface area contributed by atoms with Crippen molar-refractivity contribution in [1.82, 2.24) is 9.21 Å². The molecule has 0 amide bonds. The number of piperazine rings is 1. The Hall–Kier alpha value is -1.73. The second kappa shape index (κ2) is 9.18. The molecule has 1 heterocycles. The molecule has 1 N–H and O–H groups in total. The number of benzene rings is 2. The second-order valence-corrected chi connectivity index (χ2v) is 9.45. The fourth-order valence-corrected chi connectivity index (χ4v) is 4.95. The lowest BCUT2D eigenvalue weighted by Gasteiger charge is -2.35. The van der Waals surface area contributed by atoms with Gasteiger partial charge in [-0.3, -0.25) is 4.90 Å². The first-order valence-corrected chi connectivity index (χ1v) is 11.4. The summed E-state index contributed by atoms with van der Waals surface area (Å²) in [6, 6.07) is 16.9. The summed E-state index contributed by atoms with van der Waals surface area (Å²) in [5, 5.41) is 10.4. The van der Waals surface area contributed by atoms with E-state index in [9.17, 15) is 13.5 Å². The van der Waals surface area contributed by atoms with Gasteiger partial charge in [-0.25, -0.2) is 8.42 Å². The number of hydrogen-bond donors (Lipinski definition) is 1. The van der Waals surface area contributed by atoms with Gasteiger partial charge in [0.2, 0.25) is 10.0 Å². The molecule has 0 aromatic heterocycles. The number of aliphatic hydroxyl groups excluding tert-OH is 1. The van der Waals surface area contributed by atoms with Crippen LogP contribution in [0.4, 0.5) is 0 Å². The molecule has 0 bridgehead atoms. The molecule has 1 fully saturated rings. The Balaban J connectivity index is 1.59. The van der Waals surface area contributed by atoms with E-state index in [-0.39, 0.29) is 0 Å². The van der Waals surface area contributed by atoms with Crippen LogP contribution in [0.1, 0.15) is 43.4 Å². The zero-order valence-corrected chi connectivity index (χ0v) is 17.5. The highest BCUT2D eigenvalue weighted by molar-refractivity contribution is 7.89. The first kappa shape index (κ1) is 21.0. The smallest absolute Gasteiger partial charge is 0.243 e. The predicted octanol–water partition coefficient (Wildman–Crippen LogP) is 3.24. The predicted molar refractivity (Wildman–Crippen MR) is 112 cm³/mol. The lowest BCUT2D eigenvalue weighted by atomic mass is 9.99. The Kier molecular flexibility index (Phi) is 6.88. The maximum atomic E-state index is 12.9. The van der Waals surface area contributed by atoms with Gasteiger partial charge in [-0.15, -0.1) is 0 Å². The molecule has 1 saturated heterocycles. The first-order valence-electron chi connectivity index (χ1n) is 9.97. The molecular weight excluding hydrogens is 372 g/mol. The molecular formula is C22H30N2O3S. The summed E-state index contributed by atoms with van der Waals surface area (Å²) < 4.78 is 27.4.